The molecule has 0 bridgehead atoms. The molecule has 10 heteroatoms. The molecule has 0 aliphatic carbocycles. The zero-order chi connectivity index (χ0) is 19.9. The van der Waals surface area contributed by atoms with Crippen LogP contribution in [0.4, 0.5) is 18.3 Å². The molecule has 3 aromatic rings. The fourth-order valence-corrected chi connectivity index (χ4v) is 4.07. The first-order chi connectivity index (χ1) is 13.3. The summed E-state index contributed by atoms with van der Waals surface area (Å²) in [6.45, 7) is 3.54. The molecule has 4 rings (SSSR count). The van der Waals surface area contributed by atoms with Gasteiger partial charge in [-0.25, -0.2) is 15.0 Å². The van der Waals surface area contributed by atoms with Gasteiger partial charge < -0.3 is 9.80 Å². The summed E-state index contributed by atoms with van der Waals surface area (Å²) in [7, 11) is 0. The lowest BCUT2D eigenvalue weighted by molar-refractivity contribution is -0.141. The number of rotatable bonds is 2. The van der Waals surface area contributed by atoms with Crippen LogP contribution in [0, 0.1) is 6.92 Å². The number of amides is 1. The fraction of sp³-hybridized carbons (Fsp3) is 0.333. The summed E-state index contributed by atoms with van der Waals surface area (Å²) in [6.07, 6.45) is -2.80. The third kappa shape index (κ3) is 3.51. The van der Waals surface area contributed by atoms with Crippen LogP contribution in [0.2, 0.25) is 0 Å². The SMILES string of the molecule is Cc1nc(C(F)(F)F)ccc1C(=O)N1CCN(c2nc3cccnc3s2)CC1. The van der Waals surface area contributed by atoms with E-state index >= 15 is 0 Å². The Morgan fingerprint density at radius 1 is 1.11 bits per heavy atom. The maximum atomic E-state index is 12.8. The van der Waals surface area contributed by atoms with Gasteiger partial charge >= 0.3 is 6.18 Å². The number of hydrogen-bond donors (Lipinski definition) is 0. The first-order valence-electron chi connectivity index (χ1n) is 8.63. The number of carbonyl (C=O) groups excluding carboxylic acids is 1. The first-order valence-corrected chi connectivity index (χ1v) is 9.45. The minimum Gasteiger partial charge on any atom is -0.344 e. The molecule has 0 N–H and O–H groups in total. The highest BCUT2D eigenvalue weighted by molar-refractivity contribution is 7.21. The lowest BCUT2D eigenvalue weighted by Crippen LogP contribution is -2.49. The zero-order valence-corrected chi connectivity index (χ0v) is 15.7. The molecule has 1 saturated heterocycles. The fourth-order valence-electron chi connectivity index (χ4n) is 3.11. The highest BCUT2D eigenvalue weighted by Gasteiger charge is 2.33. The van der Waals surface area contributed by atoms with Crippen molar-refractivity contribution in [3.8, 4) is 0 Å². The van der Waals surface area contributed by atoms with Crippen LogP contribution in [0.15, 0.2) is 30.5 Å². The molecule has 146 valence electrons. The molecule has 1 amide bonds. The largest absolute Gasteiger partial charge is 0.433 e. The van der Waals surface area contributed by atoms with Crippen molar-refractivity contribution < 1.29 is 18.0 Å². The van der Waals surface area contributed by atoms with Crippen molar-refractivity contribution in [3.05, 3.63) is 47.4 Å². The van der Waals surface area contributed by atoms with Gasteiger partial charge in [-0.3, -0.25) is 4.79 Å². The summed E-state index contributed by atoms with van der Waals surface area (Å²) in [5.74, 6) is -0.302. The molecule has 6 nitrogen and oxygen atoms in total. The minimum atomic E-state index is -4.52. The molecule has 28 heavy (non-hydrogen) atoms. The number of piperazine rings is 1. The number of thiazole rings is 1. The van der Waals surface area contributed by atoms with Crippen LogP contribution in [0.3, 0.4) is 0 Å². The Kier molecular flexibility index (Phi) is 4.66. The molecule has 0 saturated carbocycles. The van der Waals surface area contributed by atoms with E-state index in [1.165, 1.54) is 24.3 Å². The maximum Gasteiger partial charge on any atom is 0.433 e. The minimum absolute atomic E-state index is 0.0829. The van der Waals surface area contributed by atoms with Crippen molar-refractivity contribution in [3.63, 3.8) is 0 Å². The van der Waals surface area contributed by atoms with Crippen LogP contribution in [-0.4, -0.2) is 51.9 Å². The van der Waals surface area contributed by atoms with Crippen molar-refractivity contribution in [2.75, 3.05) is 31.1 Å². The van der Waals surface area contributed by atoms with E-state index < -0.39 is 11.9 Å². The molecule has 1 fully saturated rings. The first kappa shape index (κ1) is 18.6. The molecule has 0 unspecified atom stereocenters. The number of aromatic nitrogens is 3. The molecule has 4 heterocycles. The van der Waals surface area contributed by atoms with Crippen LogP contribution in [0.5, 0.6) is 0 Å². The average Bonchev–Trinajstić information content (AvgIpc) is 3.11. The number of fused-ring (bicyclic) bond motifs is 1. The summed E-state index contributed by atoms with van der Waals surface area (Å²) in [5.41, 5.74) is 0.133. The third-order valence-corrected chi connectivity index (χ3v) is 5.64. The monoisotopic (exact) mass is 407 g/mol. The Labute approximate surface area is 162 Å². The van der Waals surface area contributed by atoms with Gasteiger partial charge in [0.05, 0.1) is 11.3 Å². The Morgan fingerprint density at radius 3 is 2.50 bits per heavy atom. The second kappa shape index (κ2) is 7.01. The van der Waals surface area contributed by atoms with Crippen LogP contribution in [0.25, 0.3) is 10.3 Å². The molecule has 1 aliphatic heterocycles. The van der Waals surface area contributed by atoms with Gasteiger partial charge in [0.2, 0.25) is 0 Å². The van der Waals surface area contributed by atoms with E-state index in [1.54, 1.807) is 11.1 Å². The predicted octanol–water partition coefficient (Wildman–Crippen LogP) is 3.38. The van der Waals surface area contributed by atoms with E-state index in [-0.39, 0.29) is 17.2 Å². The van der Waals surface area contributed by atoms with E-state index in [0.29, 0.717) is 26.2 Å². The van der Waals surface area contributed by atoms with Crippen molar-refractivity contribution in [1.82, 2.24) is 19.9 Å². The molecule has 3 aromatic heterocycles. The molecular formula is C18H16F3N5OS. The summed E-state index contributed by atoms with van der Waals surface area (Å²) in [5, 5.41) is 0.855. The van der Waals surface area contributed by atoms with E-state index in [9.17, 15) is 18.0 Å². The highest BCUT2D eigenvalue weighted by atomic mass is 32.1. The van der Waals surface area contributed by atoms with Crippen molar-refractivity contribution in [1.29, 1.82) is 0 Å². The van der Waals surface area contributed by atoms with Crippen LogP contribution < -0.4 is 4.90 Å². The maximum absolute atomic E-state index is 12.8. The number of carbonyl (C=O) groups is 1. The summed E-state index contributed by atoms with van der Waals surface area (Å²) >= 11 is 1.50. The molecule has 0 spiro atoms. The highest BCUT2D eigenvalue weighted by Crippen LogP contribution is 2.29. The van der Waals surface area contributed by atoms with Gasteiger partial charge in [0.25, 0.3) is 5.91 Å². The lowest BCUT2D eigenvalue weighted by atomic mass is 10.1. The average molecular weight is 407 g/mol. The molecular weight excluding hydrogens is 391 g/mol. The summed E-state index contributed by atoms with van der Waals surface area (Å²) < 4.78 is 38.3. The number of pyridine rings is 2. The van der Waals surface area contributed by atoms with Gasteiger partial charge in [0.15, 0.2) is 5.13 Å². The number of hydrogen-bond acceptors (Lipinski definition) is 6. The van der Waals surface area contributed by atoms with Gasteiger partial charge in [0.1, 0.15) is 16.0 Å². The van der Waals surface area contributed by atoms with Gasteiger partial charge in [-0.1, -0.05) is 11.3 Å². The lowest BCUT2D eigenvalue weighted by Gasteiger charge is -2.34. The quantitative estimate of drug-likeness (QED) is 0.652. The standard InChI is InChI=1S/C18H16F3N5OS/c1-11-12(4-5-14(23-11)18(19,20)21)16(27)25-7-9-26(10-8-25)17-24-13-3-2-6-22-15(13)28-17/h2-6H,7-10H2,1H3. The molecule has 0 radical (unpaired) electrons. The van der Waals surface area contributed by atoms with Crippen LogP contribution in [-0.2, 0) is 6.18 Å². The second-order valence-corrected chi connectivity index (χ2v) is 7.39. The number of nitrogens with zero attached hydrogens (tertiary/aromatic N) is 5. The van der Waals surface area contributed by atoms with Crippen molar-refractivity contribution >= 4 is 32.7 Å². The van der Waals surface area contributed by atoms with E-state index in [0.717, 1.165) is 21.5 Å². The van der Waals surface area contributed by atoms with E-state index in [4.69, 9.17) is 0 Å². The van der Waals surface area contributed by atoms with E-state index in [1.807, 2.05) is 12.1 Å². The van der Waals surface area contributed by atoms with Gasteiger partial charge in [0, 0.05) is 32.4 Å². The number of aryl methyl sites for hydroxylation is 1. The number of alkyl halides is 3. The van der Waals surface area contributed by atoms with E-state index in [2.05, 4.69) is 19.9 Å². The van der Waals surface area contributed by atoms with Crippen LogP contribution in [0.1, 0.15) is 21.7 Å². The Hall–Kier alpha value is -2.75. The number of anilines is 1. The zero-order valence-electron chi connectivity index (χ0n) is 14.9. The third-order valence-electron chi connectivity index (χ3n) is 4.60. The normalized spacial score (nSPS) is 15.3. The summed E-state index contributed by atoms with van der Waals surface area (Å²) in [4.78, 5) is 29.7. The topological polar surface area (TPSA) is 62.2 Å². The van der Waals surface area contributed by atoms with Crippen LogP contribution >= 0.6 is 11.3 Å². The molecule has 0 aromatic carbocycles. The van der Waals surface area contributed by atoms with Gasteiger partial charge in [-0.15, -0.1) is 0 Å². The summed E-state index contributed by atoms with van der Waals surface area (Å²) in [6, 6.07) is 5.80. The Balaban J connectivity index is 1.45. The van der Waals surface area contributed by atoms with Gasteiger partial charge in [-0.05, 0) is 31.2 Å². The van der Waals surface area contributed by atoms with Gasteiger partial charge in [-0.2, -0.15) is 13.2 Å². The second-order valence-electron chi connectivity index (χ2n) is 6.43. The number of halogens is 3. The van der Waals surface area contributed by atoms with Crippen molar-refractivity contribution in [2.45, 2.75) is 13.1 Å². The molecule has 0 atom stereocenters. The Bertz CT molecular complexity index is 994. The van der Waals surface area contributed by atoms with Crippen molar-refractivity contribution in [2.24, 2.45) is 0 Å². The predicted molar refractivity (Wildman–Crippen MR) is 99.5 cm³/mol. The molecule has 1 aliphatic rings. The smallest absolute Gasteiger partial charge is 0.344 e. The Morgan fingerprint density at radius 2 is 1.86 bits per heavy atom.